The Morgan fingerprint density at radius 3 is 2.38 bits per heavy atom. The Balaban J connectivity index is 1.40. The van der Waals surface area contributed by atoms with Gasteiger partial charge in [0.2, 0.25) is 6.79 Å². The Kier molecular flexibility index (Phi) is 5.28. The van der Waals surface area contributed by atoms with Crippen molar-refractivity contribution >= 4 is 11.6 Å². The number of nitrogens with zero attached hydrogens (tertiary/aromatic N) is 4. The third kappa shape index (κ3) is 3.84. The van der Waals surface area contributed by atoms with E-state index in [1.165, 1.54) is 0 Å². The predicted octanol–water partition coefficient (Wildman–Crippen LogP) is 2.50. The number of carbonyl (C=O) groups excluding carboxylic acids is 1. The first-order chi connectivity index (χ1) is 14.1. The summed E-state index contributed by atoms with van der Waals surface area (Å²) >= 11 is 0. The van der Waals surface area contributed by atoms with Crippen LogP contribution in [0.2, 0.25) is 0 Å². The minimum absolute atomic E-state index is 0.0215. The van der Waals surface area contributed by atoms with Crippen LogP contribution in [-0.4, -0.2) is 62.8 Å². The molecule has 2 aliphatic rings. The average molecular weight is 392 g/mol. The molecular weight excluding hydrogens is 368 g/mol. The smallest absolute Gasteiger partial charge is 0.254 e. The van der Waals surface area contributed by atoms with Crippen LogP contribution in [0.15, 0.2) is 42.5 Å². The Morgan fingerprint density at radius 1 is 1.03 bits per heavy atom. The predicted molar refractivity (Wildman–Crippen MR) is 109 cm³/mol. The van der Waals surface area contributed by atoms with E-state index in [2.05, 4.69) is 11.0 Å². The van der Waals surface area contributed by atoms with Crippen LogP contribution in [0.25, 0.3) is 0 Å². The summed E-state index contributed by atoms with van der Waals surface area (Å²) < 4.78 is 10.7. The molecule has 2 aromatic carbocycles. The summed E-state index contributed by atoms with van der Waals surface area (Å²) in [7, 11) is 3.99. The molecule has 2 aromatic rings. The molecule has 0 N–H and O–H groups in total. The van der Waals surface area contributed by atoms with Crippen LogP contribution in [-0.2, 0) is 0 Å². The van der Waals surface area contributed by atoms with E-state index in [1.54, 1.807) is 18.2 Å². The zero-order chi connectivity index (χ0) is 20.4. The lowest BCUT2D eigenvalue weighted by Gasteiger charge is -2.37. The number of piperazine rings is 1. The number of hydrogen-bond donors (Lipinski definition) is 0. The number of hydrogen-bond acceptors (Lipinski definition) is 6. The van der Waals surface area contributed by atoms with Gasteiger partial charge in [-0.1, -0.05) is 12.1 Å². The number of carbonyl (C=O) groups is 1. The molecule has 0 radical (unpaired) electrons. The Bertz CT molecular complexity index is 928. The fourth-order valence-electron chi connectivity index (χ4n) is 3.72. The molecule has 4 rings (SSSR count). The first kappa shape index (κ1) is 19.1. The third-order valence-electron chi connectivity index (χ3n) is 5.43. The van der Waals surface area contributed by atoms with E-state index in [0.717, 1.165) is 11.3 Å². The fourth-order valence-corrected chi connectivity index (χ4v) is 3.72. The van der Waals surface area contributed by atoms with Gasteiger partial charge >= 0.3 is 0 Å². The van der Waals surface area contributed by atoms with Gasteiger partial charge in [0, 0.05) is 51.5 Å². The molecule has 7 nitrogen and oxygen atoms in total. The number of ether oxygens (including phenoxy) is 2. The van der Waals surface area contributed by atoms with E-state index >= 15 is 0 Å². The van der Waals surface area contributed by atoms with Gasteiger partial charge in [0.15, 0.2) is 11.5 Å². The first-order valence-electron chi connectivity index (χ1n) is 9.66. The number of benzene rings is 2. The summed E-state index contributed by atoms with van der Waals surface area (Å²) in [5.41, 5.74) is 2.68. The minimum atomic E-state index is -0.311. The zero-order valence-corrected chi connectivity index (χ0v) is 16.7. The maximum Gasteiger partial charge on any atom is 0.254 e. The maximum atomic E-state index is 12.9. The van der Waals surface area contributed by atoms with Crippen molar-refractivity contribution in [3.8, 4) is 17.6 Å². The molecule has 29 heavy (non-hydrogen) atoms. The second-order valence-corrected chi connectivity index (χ2v) is 7.41. The first-order valence-corrected chi connectivity index (χ1v) is 9.66. The second kappa shape index (κ2) is 8.02. The van der Waals surface area contributed by atoms with Crippen LogP contribution in [0.3, 0.4) is 0 Å². The minimum Gasteiger partial charge on any atom is -0.454 e. The van der Waals surface area contributed by atoms with E-state index in [4.69, 9.17) is 9.47 Å². The molecule has 1 unspecified atom stereocenters. The maximum absolute atomic E-state index is 12.9. The SMILES string of the molecule is CN(C)c1ccc(C(C#N)N2CCN(C(=O)c3ccc4c(c3)OCO4)CC2)cc1. The molecule has 1 saturated heterocycles. The van der Waals surface area contributed by atoms with Gasteiger partial charge in [-0.05, 0) is 35.9 Å². The Morgan fingerprint density at radius 2 is 1.72 bits per heavy atom. The molecule has 0 saturated carbocycles. The summed E-state index contributed by atoms with van der Waals surface area (Å²) in [5, 5.41) is 9.74. The van der Waals surface area contributed by atoms with Crippen molar-refractivity contribution < 1.29 is 14.3 Å². The van der Waals surface area contributed by atoms with E-state index in [-0.39, 0.29) is 18.7 Å². The largest absolute Gasteiger partial charge is 0.454 e. The third-order valence-corrected chi connectivity index (χ3v) is 5.43. The van der Waals surface area contributed by atoms with Crippen molar-refractivity contribution in [2.45, 2.75) is 6.04 Å². The molecule has 150 valence electrons. The van der Waals surface area contributed by atoms with Gasteiger partial charge < -0.3 is 19.3 Å². The molecule has 1 amide bonds. The van der Waals surface area contributed by atoms with Crippen LogP contribution in [0.4, 0.5) is 5.69 Å². The van der Waals surface area contributed by atoms with Crippen LogP contribution >= 0.6 is 0 Å². The Hall–Kier alpha value is -3.24. The van der Waals surface area contributed by atoms with Crippen LogP contribution < -0.4 is 14.4 Å². The van der Waals surface area contributed by atoms with E-state index in [9.17, 15) is 10.1 Å². The van der Waals surface area contributed by atoms with Gasteiger partial charge in [-0.3, -0.25) is 9.69 Å². The van der Waals surface area contributed by atoms with Crippen molar-refractivity contribution in [3.63, 3.8) is 0 Å². The van der Waals surface area contributed by atoms with Crippen molar-refractivity contribution in [2.24, 2.45) is 0 Å². The van der Waals surface area contributed by atoms with Gasteiger partial charge in [0.1, 0.15) is 6.04 Å². The van der Waals surface area contributed by atoms with Crippen LogP contribution in [0.1, 0.15) is 22.0 Å². The standard InChI is InChI=1S/C22H24N4O3/c1-24(2)18-6-3-16(4-7-18)19(14-23)25-9-11-26(12-10-25)22(27)17-5-8-20-21(13-17)29-15-28-20/h3-8,13,19H,9-12,15H2,1-2H3. The van der Waals surface area contributed by atoms with Crippen molar-refractivity contribution in [1.82, 2.24) is 9.80 Å². The molecule has 1 atom stereocenters. The van der Waals surface area contributed by atoms with E-state index < -0.39 is 0 Å². The van der Waals surface area contributed by atoms with Crippen LogP contribution in [0, 0.1) is 11.3 Å². The highest BCUT2D eigenvalue weighted by molar-refractivity contribution is 5.95. The van der Waals surface area contributed by atoms with Crippen LogP contribution in [0.5, 0.6) is 11.5 Å². The molecule has 0 aromatic heterocycles. The molecule has 7 heteroatoms. The van der Waals surface area contributed by atoms with Gasteiger partial charge in [-0.2, -0.15) is 5.26 Å². The molecular formula is C22H24N4O3. The second-order valence-electron chi connectivity index (χ2n) is 7.41. The van der Waals surface area contributed by atoms with Crippen molar-refractivity contribution in [3.05, 3.63) is 53.6 Å². The Labute approximate surface area is 170 Å². The lowest BCUT2D eigenvalue weighted by atomic mass is 10.0. The zero-order valence-electron chi connectivity index (χ0n) is 16.7. The molecule has 0 spiro atoms. The molecule has 0 bridgehead atoms. The fraction of sp³-hybridized carbons (Fsp3) is 0.364. The van der Waals surface area contributed by atoms with Gasteiger partial charge in [0.25, 0.3) is 5.91 Å². The lowest BCUT2D eigenvalue weighted by molar-refractivity contribution is 0.0606. The van der Waals surface area contributed by atoms with Gasteiger partial charge in [0.05, 0.1) is 6.07 Å². The highest BCUT2D eigenvalue weighted by atomic mass is 16.7. The number of anilines is 1. The summed E-state index contributed by atoms with van der Waals surface area (Å²) in [6.45, 7) is 2.67. The number of fused-ring (bicyclic) bond motifs is 1. The highest BCUT2D eigenvalue weighted by Gasteiger charge is 2.28. The summed E-state index contributed by atoms with van der Waals surface area (Å²) in [6, 6.07) is 15.5. The number of amides is 1. The molecule has 2 aliphatic heterocycles. The molecule has 1 fully saturated rings. The molecule has 0 aliphatic carbocycles. The lowest BCUT2D eigenvalue weighted by Crippen LogP contribution is -2.49. The van der Waals surface area contributed by atoms with Gasteiger partial charge in [-0.25, -0.2) is 0 Å². The summed E-state index contributed by atoms with van der Waals surface area (Å²) in [5.74, 6) is 1.26. The molecule has 2 heterocycles. The van der Waals surface area contributed by atoms with Crippen molar-refractivity contribution in [2.75, 3.05) is 52.0 Å². The summed E-state index contributed by atoms with van der Waals surface area (Å²) in [6.07, 6.45) is 0. The normalized spacial score (nSPS) is 16.9. The average Bonchev–Trinajstić information content (AvgIpc) is 3.22. The van der Waals surface area contributed by atoms with E-state index in [1.807, 2.05) is 48.2 Å². The number of nitriles is 1. The monoisotopic (exact) mass is 392 g/mol. The van der Waals surface area contributed by atoms with Gasteiger partial charge in [-0.15, -0.1) is 0 Å². The number of rotatable bonds is 4. The quantitative estimate of drug-likeness (QED) is 0.796. The van der Waals surface area contributed by atoms with E-state index in [0.29, 0.717) is 43.2 Å². The highest BCUT2D eigenvalue weighted by Crippen LogP contribution is 2.33. The van der Waals surface area contributed by atoms with Crippen molar-refractivity contribution in [1.29, 1.82) is 5.26 Å². The summed E-state index contributed by atoms with van der Waals surface area (Å²) in [4.78, 5) is 18.9. The topological polar surface area (TPSA) is 69.0 Å².